The number of hydrogen-bond donors (Lipinski definition) is 2. The van der Waals surface area contributed by atoms with Gasteiger partial charge in [0.2, 0.25) is 15.9 Å². The maximum atomic E-state index is 11.7. The molecule has 92 valence electrons. The summed E-state index contributed by atoms with van der Waals surface area (Å²) in [5.74, 6) is -0.589. The van der Waals surface area contributed by atoms with E-state index in [-0.39, 0.29) is 10.5 Å². The van der Waals surface area contributed by atoms with Crippen molar-refractivity contribution < 1.29 is 13.2 Å². The zero-order valence-electron chi connectivity index (χ0n) is 9.22. The lowest BCUT2D eigenvalue weighted by Gasteiger charge is -2.05. The van der Waals surface area contributed by atoms with Crippen LogP contribution in [-0.4, -0.2) is 20.9 Å². The maximum Gasteiger partial charge on any atom is 0.248 e. The van der Waals surface area contributed by atoms with Crippen LogP contribution in [0, 0.1) is 0 Å². The van der Waals surface area contributed by atoms with Crippen molar-refractivity contribution in [2.75, 3.05) is 6.54 Å². The molecule has 0 saturated heterocycles. The predicted octanol–water partition coefficient (Wildman–Crippen LogP) is 0.640. The number of hydrogen-bond acceptors (Lipinski definition) is 3. The summed E-state index contributed by atoms with van der Waals surface area (Å²) in [4.78, 5) is 10.9. The molecule has 1 amide bonds. The number of benzene rings is 1. The van der Waals surface area contributed by atoms with E-state index in [0.29, 0.717) is 13.0 Å². The summed E-state index contributed by atoms with van der Waals surface area (Å²) in [6, 6.07) is 5.45. The van der Waals surface area contributed by atoms with Gasteiger partial charge >= 0.3 is 0 Å². The molecule has 0 saturated carbocycles. The normalized spacial score (nSPS) is 11.1. The highest BCUT2D eigenvalue weighted by atomic mass is 32.2. The molecule has 0 aliphatic heterocycles. The number of carbonyl (C=O) groups excluding carboxylic acids is 1. The van der Waals surface area contributed by atoms with Crippen molar-refractivity contribution in [2.24, 2.45) is 5.73 Å². The molecule has 5 nitrogen and oxygen atoms in total. The molecular formula is C11H14N2O3S. The van der Waals surface area contributed by atoms with E-state index in [1.54, 1.807) is 6.08 Å². The summed E-state index contributed by atoms with van der Waals surface area (Å²) in [7, 11) is -3.52. The first kappa shape index (κ1) is 13.4. The number of primary amides is 1. The fraction of sp³-hybridized carbons (Fsp3) is 0.182. The number of carbonyl (C=O) groups is 1. The second kappa shape index (κ2) is 5.60. The molecule has 1 rings (SSSR count). The Labute approximate surface area is 100 Å². The minimum Gasteiger partial charge on any atom is -0.366 e. The molecule has 0 atom stereocenters. The molecule has 0 aliphatic carbocycles. The SMILES string of the molecule is C=CCCNS(=O)(=O)c1ccc(C(N)=O)cc1. The second-order valence-electron chi connectivity index (χ2n) is 3.36. The van der Waals surface area contributed by atoms with Crippen LogP contribution in [0.5, 0.6) is 0 Å². The number of nitrogens with two attached hydrogens (primary N) is 1. The minimum atomic E-state index is -3.52. The number of nitrogens with one attached hydrogen (secondary N) is 1. The lowest BCUT2D eigenvalue weighted by Crippen LogP contribution is -2.24. The van der Waals surface area contributed by atoms with E-state index in [4.69, 9.17) is 5.73 Å². The van der Waals surface area contributed by atoms with Crippen LogP contribution >= 0.6 is 0 Å². The van der Waals surface area contributed by atoms with Crippen LogP contribution in [0.25, 0.3) is 0 Å². The van der Waals surface area contributed by atoms with Gasteiger partial charge in [-0.2, -0.15) is 0 Å². The fourth-order valence-electron chi connectivity index (χ4n) is 1.18. The Morgan fingerprint density at radius 2 is 1.94 bits per heavy atom. The van der Waals surface area contributed by atoms with Crippen molar-refractivity contribution in [3.8, 4) is 0 Å². The molecule has 1 aromatic carbocycles. The van der Waals surface area contributed by atoms with Gasteiger partial charge in [0.25, 0.3) is 0 Å². The Kier molecular flexibility index (Phi) is 4.42. The van der Waals surface area contributed by atoms with Gasteiger partial charge in [0.05, 0.1) is 4.90 Å². The van der Waals surface area contributed by atoms with Gasteiger partial charge in [0, 0.05) is 12.1 Å². The molecule has 0 aromatic heterocycles. The van der Waals surface area contributed by atoms with Crippen molar-refractivity contribution in [1.82, 2.24) is 4.72 Å². The molecule has 0 bridgehead atoms. The molecular weight excluding hydrogens is 240 g/mol. The second-order valence-corrected chi connectivity index (χ2v) is 5.13. The topological polar surface area (TPSA) is 89.3 Å². The van der Waals surface area contributed by atoms with Crippen LogP contribution in [0.2, 0.25) is 0 Å². The summed E-state index contributed by atoms with van der Waals surface area (Å²) in [5.41, 5.74) is 5.33. The Balaban J connectivity index is 2.85. The van der Waals surface area contributed by atoms with Crippen LogP contribution in [0.4, 0.5) is 0 Å². The Bertz CT molecular complexity index is 506. The zero-order valence-corrected chi connectivity index (χ0v) is 10.0. The van der Waals surface area contributed by atoms with E-state index < -0.39 is 15.9 Å². The summed E-state index contributed by atoms with van der Waals surface area (Å²) < 4.78 is 25.9. The van der Waals surface area contributed by atoms with Crippen molar-refractivity contribution in [1.29, 1.82) is 0 Å². The van der Waals surface area contributed by atoms with Crippen LogP contribution in [0.3, 0.4) is 0 Å². The zero-order chi connectivity index (χ0) is 12.9. The first-order chi connectivity index (χ1) is 7.97. The summed E-state index contributed by atoms with van der Waals surface area (Å²) in [6.45, 7) is 3.79. The molecule has 0 aliphatic rings. The summed E-state index contributed by atoms with van der Waals surface area (Å²) in [5, 5.41) is 0. The Hall–Kier alpha value is -1.66. The minimum absolute atomic E-state index is 0.103. The van der Waals surface area contributed by atoms with E-state index in [9.17, 15) is 13.2 Å². The molecule has 17 heavy (non-hydrogen) atoms. The molecule has 3 N–H and O–H groups in total. The summed E-state index contributed by atoms with van der Waals surface area (Å²) in [6.07, 6.45) is 2.18. The maximum absolute atomic E-state index is 11.7. The van der Waals surface area contributed by atoms with Gasteiger partial charge in [-0.25, -0.2) is 13.1 Å². The van der Waals surface area contributed by atoms with Gasteiger partial charge in [-0.3, -0.25) is 4.79 Å². The van der Waals surface area contributed by atoms with E-state index in [0.717, 1.165) is 0 Å². The highest BCUT2D eigenvalue weighted by Gasteiger charge is 2.13. The molecule has 0 fully saturated rings. The lowest BCUT2D eigenvalue weighted by molar-refractivity contribution is 0.1000. The predicted molar refractivity (Wildman–Crippen MR) is 65.0 cm³/mol. The third kappa shape index (κ3) is 3.69. The van der Waals surface area contributed by atoms with Crippen LogP contribution in [0.1, 0.15) is 16.8 Å². The Morgan fingerprint density at radius 1 is 1.35 bits per heavy atom. The monoisotopic (exact) mass is 254 g/mol. The molecule has 6 heteroatoms. The van der Waals surface area contributed by atoms with Crippen LogP contribution in [-0.2, 0) is 10.0 Å². The van der Waals surface area contributed by atoms with Gasteiger partial charge in [0.1, 0.15) is 0 Å². The largest absolute Gasteiger partial charge is 0.366 e. The molecule has 0 spiro atoms. The smallest absolute Gasteiger partial charge is 0.248 e. The van der Waals surface area contributed by atoms with E-state index in [1.807, 2.05) is 0 Å². The van der Waals surface area contributed by atoms with E-state index >= 15 is 0 Å². The molecule has 1 aromatic rings. The van der Waals surface area contributed by atoms with Crippen molar-refractivity contribution in [3.63, 3.8) is 0 Å². The third-order valence-corrected chi connectivity index (χ3v) is 3.57. The first-order valence-corrected chi connectivity index (χ1v) is 6.46. The average molecular weight is 254 g/mol. The fourth-order valence-corrected chi connectivity index (χ4v) is 2.22. The number of rotatable bonds is 6. The standard InChI is InChI=1S/C11H14N2O3S/c1-2-3-8-13-17(15,16)10-6-4-9(5-7-10)11(12)14/h2,4-7,13H,1,3,8H2,(H2,12,14). The quantitative estimate of drug-likeness (QED) is 0.576. The highest BCUT2D eigenvalue weighted by molar-refractivity contribution is 7.89. The van der Waals surface area contributed by atoms with Gasteiger partial charge in [-0.1, -0.05) is 6.08 Å². The van der Waals surface area contributed by atoms with Crippen LogP contribution in [0.15, 0.2) is 41.8 Å². The van der Waals surface area contributed by atoms with E-state index in [1.165, 1.54) is 24.3 Å². The van der Waals surface area contributed by atoms with Gasteiger partial charge in [-0.05, 0) is 30.7 Å². The van der Waals surface area contributed by atoms with Crippen molar-refractivity contribution in [3.05, 3.63) is 42.5 Å². The number of sulfonamides is 1. The van der Waals surface area contributed by atoms with E-state index in [2.05, 4.69) is 11.3 Å². The van der Waals surface area contributed by atoms with Crippen LogP contribution < -0.4 is 10.5 Å². The van der Waals surface area contributed by atoms with Gasteiger partial charge in [0.15, 0.2) is 0 Å². The lowest BCUT2D eigenvalue weighted by atomic mass is 10.2. The average Bonchev–Trinajstić information content (AvgIpc) is 2.29. The Morgan fingerprint density at radius 3 is 2.41 bits per heavy atom. The molecule has 0 radical (unpaired) electrons. The van der Waals surface area contributed by atoms with Crippen molar-refractivity contribution >= 4 is 15.9 Å². The number of amides is 1. The van der Waals surface area contributed by atoms with Gasteiger partial charge in [-0.15, -0.1) is 6.58 Å². The third-order valence-electron chi connectivity index (χ3n) is 2.09. The summed E-state index contributed by atoms with van der Waals surface area (Å²) >= 11 is 0. The van der Waals surface area contributed by atoms with Crippen molar-refractivity contribution in [2.45, 2.75) is 11.3 Å². The first-order valence-electron chi connectivity index (χ1n) is 4.98. The molecule has 0 heterocycles. The molecule has 0 unspecified atom stereocenters. The highest BCUT2D eigenvalue weighted by Crippen LogP contribution is 2.10. The van der Waals surface area contributed by atoms with Gasteiger partial charge < -0.3 is 5.73 Å².